The molecule has 2 aromatic carbocycles. The second-order valence-corrected chi connectivity index (χ2v) is 7.15. The molecular weight excluding hydrogens is 384 g/mol. The van der Waals surface area contributed by atoms with E-state index < -0.39 is 11.8 Å². The van der Waals surface area contributed by atoms with Crippen LogP contribution in [-0.2, 0) is 4.79 Å². The molecule has 0 saturated carbocycles. The van der Waals surface area contributed by atoms with Gasteiger partial charge in [-0.3, -0.25) is 19.8 Å². The van der Waals surface area contributed by atoms with Crippen molar-refractivity contribution in [2.45, 2.75) is 0 Å². The minimum Gasteiger partial charge on any atom is -0.497 e. The van der Waals surface area contributed by atoms with Crippen LogP contribution in [0.5, 0.6) is 5.75 Å². The van der Waals surface area contributed by atoms with Gasteiger partial charge in [0, 0.05) is 11.1 Å². The van der Waals surface area contributed by atoms with E-state index in [1.54, 1.807) is 54.6 Å². The summed E-state index contributed by atoms with van der Waals surface area (Å²) < 4.78 is 5.29. The van der Waals surface area contributed by atoms with Crippen molar-refractivity contribution in [2.24, 2.45) is 0 Å². The predicted octanol–water partition coefficient (Wildman–Crippen LogP) is 3.05. The van der Waals surface area contributed by atoms with Crippen LogP contribution in [-0.4, -0.2) is 34.5 Å². The van der Waals surface area contributed by atoms with Gasteiger partial charge in [-0.05, 0) is 48.1 Å². The quantitative estimate of drug-likeness (QED) is 0.474. The normalized spacial score (nSPS) is 15.1. The van der Waals surface area contributed by atoms with Crippen LogP contribution in [0.1, 0.15) is 26.3 Å². The average molecular weight is 398 g/mol. The highest BCUT2D eigenvalue weighted by atomic mass is 32.2. The molecule has 1 saturated heterocycles. The zero-order chi connectivity index (χ0) is 19.4. The third-order valence-corrected chi connectivity index (χ3v) is 5.03. The number of thioether (sulfide) groups is 1. The number of thiocarbonyl (C=S) groups is 1. The van der Waals surface area contributed by atoms with Gasteiger partial charge in [-0.2, -0.15) is 5.01 Å². The summed E-state index contributed by atoms with van der Waals surface area (Å²) in [5.41, 5.74) is 4.19. The minimum absolute atomic E-state index is 0.234. The first-order valence-corrected chi connectivity index (χ1v) is 9.02. The summed E-state index contributed by atoms with van der Waals surface area (Å²) in [5, 5.41) is 1.05. The van der Waals surface area contributed by atoms with Crippen LogP contribution in [0.2, 0.25) is 0 Å². The Bertz CT molecular complexity index is 937. The van der Waals surface area contributed by atoms with Crippen LogP contribution in [0.25, 0.3) is 6.08 Å². The lowest BCUT2D eigenvalue weighted by atomic mass is 10.1. The monoisotopic (exact) mass is 398 g/mol. The number of hydrazine groups is 1. The zero-order valence-electron chi connectivity index (χ0n) is 14.2. The minimum atomic E-state index is -0.453. The predicted molar refractivity (Wildman–Crippen MR) is 107 cm³/mol. The first-order chi connectivity index (χ1) is 13.0. The Labute approximate surface area is 165 Å². The Morgan fingerprint density at radius 2 is 1.74 bits per heavy atom. The lowest BCUT2D eigenvalue weighted by Crippen LogP contribution is -2.44. The number of aldehydes is 1. The van der Waals surface area contributed by atoms with Gasteiger partial charge < -0.3 is 4.74 Å². The molecule has 0 spiro atoms. The van der Waals surface area contributed by atoms with Gasteiger partial charge in [0.1, 0.15) is 12.0 Å². The topological polar surface area (TPSA) is 75.7 Å². The molecule has 0 aromatic heterocycles. The number of ether oxygens (including phenoxy) is 1. The number of carbonyl (C=O) groups excluding carboxylic acids is 3. The van der Waals surface area contributed by atoms with Crippen molar-refractivity contribution in [2.75, 3.05) is 7.11 Å². The zero-order valence-corrected chi connectivity index (χ0v) is 15.8. The number of nitrogens with one attached hydrogen (secondary N) is 1. The Kier molecular flexibility index (Phi) is 5.68. The third kappa shape index (κ3) is 4.24. The number of rotatable bonds is 5. The van der Waals surface area contributed by atoms with Crippen LogP contribution >= 0.6 is 24.0 Å². The van der Waals surface area contributed by atoms with Crippen molar-refractivity contribution in [3.8, 4) is 5.75 Å². The number of carbonyl (C=O) groups is 3. The van der Waals surface area contributed by atoms with Gasteiger partial charge in [0.05, 0.1) is 12.0 Å². The van der Waals surface area contributed by atoms with Crippen molar-refractivity contribution >= 4 is 52.5 Å². The van der Waals surface area contributed by atoms with E-state index in [4.69, 9.17) is 17.0 Å². The van der Waals surface area contributed by atoms with Crippen molar-refractivity contribution in [3.05, 3.63) is 70.1 Å². The van der Waals surface area contributed by atoms with Gasteiger partial charge in [0.2, 0.25) is 0 Å². The van der Waals surface area contributed by atoms with E-state index in [1.165, 1.54) is 7.11 Å². The number of nitrogens with zero attached hydrogens (tertiary/aromatic N) is 1. The molecule has 0 radical (unpaired) electrons. The summed E-state index contributed by atoms with van der Waals surface area (Å²) in [7, 11) is 1.54. The number of benzene rings is 2. The summed E-state index contributed by atoms with van der Waals surface area (Å²) in [6.07, 6.45) is 2.41. The molecule has 1 heterocycles. The van der Waals surface area contributed by atoms with E-state index in [0.29, 0.717) is 21.8 Å². The Hall–Kier alpha value is -2.97. The van der Waals surface area contributed by atoms with Gasteiger partial charge in [-0.1, -0.05) is 36.0 Å². The Morgan fingerprint density at radius 1 is 1.11 bits per heavy atom. The van der Waals surface area contributed by atoms with E-state index in [-0.39, 0.29) is 4.32 Å². The first kappa shape index (κ1) is 18.8. The van der Waals surface area contributed by atoms with Crippen LogP contribution in [0.3, 0.4) is 0 Å². The van der Waals surface area contributed by atoms with Crippen molar-refractivity contribution in [1.82, 2.24) is 10.4 Å². The van der Waals surface area contributed by atoms with Crippen molar-refractivity contribution in [1.29, 1.82) is 0 Å². The van der Waals surface area contributed by atoms with Gasteiger partial charge in [-0.15, -0.1) is 0 Å². The molecule has 27 heavy (non-hydrogen) atoms. The average Bonchev–Trinajstić information content (AvgIpc) is 2.96. The summed E-state index contributed by atoms with van der Waals surface area (Å²) >= 11 is 6.30. The molecule has 0 bridgehead atoms. The first-order valence-electron chi connectivity index (χ1n) is 7.80. The highest BCUT2D eigenvalue weighted by Crippen LogP contribution is 2.31. The maximum atomic E-state index is 12.6. The summed E-state index contributed by atoms with van der Waals surface area (Å²) in [4.78, 5) is 36.0. The Balaban J connectivity index is 1.73. The number of hydrogen-bond donors (Lipinski definition) is 1. The number of amides is 2. The number of hydrogen-bond acceptors (Lipinski definition) is 6. The van der Waals surface area contributed by atoms with Crippen LogP contribution in [0.15, 0.2) is 53.4 Å². The van der Waals surface area contributed by atoms with E-state index in [9.17, 15) is 14.4 Å². The van der Waals surface area contributed by atoms with E-state index in [0.717, 1.165) is 28.6 Å². The summed E-state index contributed by atoms with van der Waals surface area (Å²) in [6.45, 7) is 0. The molecule has 6 nitrogen and oxygen atoms in total. The maximum Gasteiger partial charge on any atom is 0.285 e. The fraction of sp³-hybridized carbons (Fsp3) is 0.0526. The Morgan fingerprint density at radius 3 is 2.33 bits per heavy atom. The second kappa shape index (κ2) is 8.15. The molecule has 1 N–H and O–H groups in total. The fourth-order valence-electron chi connectivity index (χ4n) is 2.29. The molecule has 8 heteroatoms. The van der Waals surface area contributed by atoms with Crippen LogP contribution in [0.4, 0.5) is 0 Å². The van der Waals surface area contributed by atoms with Crippen LogP contribution in [0, 0.1) is 0 Å². The van der Waals surface area contributed by atoms with Crippen molar-refractivity contribution < 1.29 is 19.1 Å². The molecule has 3 rings (SSSR count). The molecule has 0 aliphatic carbocycles. The highest BCUT2D eigenvalue weighted by molar-refractivity contribution is 8.26. The molecule has 1 aliphatic rings. The summed E-state index contributed by atoms with van der Waals surface area (Å²) in [5.74, 6) is -0.238. The van der Waals surface area contributed by atoms with Gasteiger partial charge in [-0.25, -0.2) is 0 Å². The fourth-order valence-corrected chi connectivity index (χ4v) is 3.47. The van der Waals surface area contributed by atoms with E-state index in [2.05, 4.69) is 5.43 Å². The lowest BCUT2D eigenvalue weighted by Gasteiger charge is -2.15. The maximum absolute atomic E-state index is 12.6. The molecule has 0 unspecified atom stereocenters. The van der Waals surface area contributed by atoms with Gasteiger partial charge in [0.25, 0.3) is 11.8 Å². The SMILES string of the molecule is COc1ccc(C(=O)NN2C(=O)C(=Cc3ccc(C=O)cc3)SC2=S)cc1. The molecule has 0 atom stereocenters. The van der Waals surface area contributed by atoms with Crippen LogP contribution < -0.4 is 10.2 Å². The molecular formula is C19H14N2O4S2. The summed E-state index contributed by atoms with van der Waals surface area (Å²) in [6, 6.07) is 13.3. The van der Waals surface area contributed by atoms with E-state index >= 15 is 0 Å². The van der Waals surface area contributed by atoms with Gasteiger partial charge >= 0.3 is 0 Å². The standard InChI is InChI=1S/C19H14N2O4S2/c1-25-15-8-6-14(7-9-15)17(23)20-21-18(24)16(27-19(21)26)10-12-2-4-13(11-22)5-3-12/h2-11H,1H3,(H,20,23). The van der Waals surface area contributed by atoms with Gasteiger partial charge in [0.15, 0.2) is 4.32 Å². The molecule has 1 fully saturated rings. The lowest BCUT2D eigenvalue weighted by molar-refractivity contribution is -0.123. The largest absolute Gasteiger partial charge is 0.497 e. The van der Waals surface area contributed by atoms with Crippen molar-refractivity contribution in [3.63, 3.8) is 0 Å². The smallest absolute Gasteiger partial charge is 0.285 e. The second-order valence-electron chi connectivity index (χ2n) is 5.47. The molecule has 1 aliphatic heterocycles. The molecule has 2 amide bonds. The number of methoxy groups -OCH3 is 1. The van der Waals surface area contributed by atoms with E-state index in [1.807, 2.05) is 0 Å². The third-order valence-electron chi connectivity index (χ3n) is 3.73. The molecule has 136 valence electrons. The highest BCUT2D eigenvalue weighted by Gasteiger charge is 2.33. The molecule has 2 aromatic rings.